The summed E-state index contributed by atoms with van der Waals surface area (Å²) in [6.07, 6.45) is 0. The minimum absolute atomic E-state index is 0.182. The van der Waals surface area contributed by atoms with Gasteiger partial charge in [0, 0.05) is 17.1 Å². The lowest BCUT2D eigenvalue weighted by Gasteiger charge is -2.06. The monoisotopic (exact) mass is 473 g/mol. The molecule has 0 radical (unpaired) electrons. The summed E-state index contributed by atoms with van der Waals surface area (Å²) in [5.74, 6) is 1.47. The maximum atomic E-state index is 12.2. The highest BCUT2D eigenvalue weighted by molar-refractivity contribution is 9.10. The second-order valence-corrected chi connectivity index (χ2v) is 7.89. The highest BCUT2D eigenvalue weighted by Gasteiger charge is 2.14. The quantitative estimate of drug-likeness (QED) is 0.319. The molecule has 1 N–H and O–H groups in total. The van der Waals surface area contributed by atoms with Gasteiger partial charge < -0.3 is 9.30 Å². The van der Waals surface area contributed by atoms with Crippen molar-refractivity contribution >= 4 is 39.3 Å². The molecule has 1 aromatic heterocycles. The van der Waals surface area contributed by atoms with Gasteiger partial charge in [0.1, 0.15) is 5.75 Å². The third-order valence-electron chi connectivity index (χ3n) is 4.14. The van der Waals surface area contributed by atoms with Gasteiger partial charge in [-0.1, -0.05) is 45.9 Å². The Morgan fingerprint density at radius 1 is 1.21 bits per heavy atom. The minimum atomic E-state index is -0.215. The lowest BCUT2D eigenvalue weighted by atomic mass is 10.1. The summed E-state index contributed by atoms with van der Waals surface area (Å²) in [7, 11) is 3.49. The van der Waals surface area contributed by atoms with Crippen LogP contribution in [0.3, 0.4) is 0 Å². The fourth-order valence-electron chi connectivity index (χ4n) is 2.52. The van der Waals surface area contributed by atoms with Crippen molar-refractivity contribution in [2.75, 3.05) is 12.9 Å². The molecule has 2 aromatic carbocycles. The standard InChI is InChI=1S/C20H20BrN5O2S/c1-13(14-8-10-15(28-3)11-9-14)22-23-18(27)12-29-20-25-24-19(26(20)2)16-6-4-5-7-17(16)21/h4-11H,12H2,1-3H3,(H,23,27). The third kappa shape index (κ3) is 5.24. The average Bonchev–Trinajstić information content (AvgIpc) is 3.11. The molecule has 3 rings (SSSR count). The molecule has 0 bridgehead atoms. The lowest BCUT2D eigenvalue weighted by molar-refractivity contribution is -0.118. The number of hydrogen-bond acceptors (Lipinski definition) is 6. The van der Waals surface area contributed by atoms with Crippen LogP contribution in [-0.4, -0.2) is 39.2 Å². The van der Waals surface area contributed by atoms with Crippen molar-refractivity contribution in [1.29, 1.82) is 0 Å². The number of hydrazone groups is 1. The van der Waals surface area contributed by atoms with Crippen LogP contribution >= 0.6 is 27.7 Å². The minimum Gasteiger partial charge on any atom is -0.497 e. The van der Waals surface area contributed by atoms with Gasteiger partial charge in [-0.15, -0.1) is 10.2 Å². The van der Waals surface area contributed by atoms with Gasteiger partial charge >= 0.3 is 0 Å². The van der Waals surface area contributed by atoms with Gasteiger partial charge in [-0.05, 0) is 42.8 Å². The smallest absolute Gasteiger partial charge is 0.250 e. The summed E-state index contributed by atoms with van der Waals surface area (Å²) in [4.78, 5) is 12.2. The van der Waals surface area contributed by atoms with Crippen LogP contribution in [0.1, 0.15) is 12.5 Å². The number of amides is 1. The maximum absolute atomic E-state index is 12.2. The van der Waals surface area contributed by atoms with E-state index >= 15 is 0 Å². The zero-order chi connectivity index (χ0) is 20.8. The number of benzene rings is 2. The lowest BCUT2D eigenvalue weighted by Crippen LogP contribution is -2.21. The van der Waals surface area contributed by atoms with Crippen molar-refractivity contribution in [3.8, 4) is 17.1 Å². The van der Waals surface area contributed by atoms with Crippen molar-refractivity contribution in [3.05, 3.63) is 58.6 Å². The second kappa shape index (κ2) is 9.71. The van der Waals surface area contributed by atoms with Gasteiger partial charge in [0.2, 0.25) is 0 Å². The average molecular weight is 474 g/mol. The van der Waals surface area contributed by atoms with Crippen LogP contribution in [0, 0.1) is 0 Å². The SMILES string of the molecule is COc1ccc(C(C)=NNC(=O)CSc2nnc(-c3ccccc3Br)n2C)cc1. The van der Waals surface area contributed by atoms with Crippen molar-refractivity contribution in [3.63, 3.8) is 0 Å². The van der Waals surface area contributed by atoms with Crippen LogP contribution in [0.4, 0.5) is 0 Å². The molecule has 0 unspecified atom stereocenters. The van der Waals surface area contributed by atoms with E-state index in [9.17, 15) is 4.79 Å². The van der Waals surface area contributed by atoms with Gasteiger partial charge in [0.15, 0.2) is 11.0 Å². The zero-order valence-corrected chi connectivity index (χ0v) is 18.6. The first-order valence-electron chi connectivity index (χ1n) is 8.74. The van der Waals surface area contributed by atoms with E-state index in [1.807, 2.05) is 67.1 Å². The molecule has 0 aliphatic heterocycles. The Labute approximate surface area is 181 Å². The molecule has 3 aromatic rings. The number of halogens is 1. The molecule has 29 heavy (non-hydrogen) atoms. The van der Waals surface area contributed by atoms with Crippen LogP contribution in [0.5, 0.6) is 5.75 Å². The number of hydrogen-bond donors (Lipinski definition) is 1. The van der Waals surface area contributed by atoms with E-state index in [2.05, 4.69) is 36.7 Å². The number of nitrogens with zero attached hydrogens (tertiary/aromatic N) is 4. The van der Waals surface area contributed by atoms with Crippen molar-refractivity contribution in [2.45, 2.75) is 12.1 Å². The third-order valence-corrected chi connectivity index (χ3v) is 5.85. The van der Waals surface area contributed by atoms with Gasteiger partial charge in [-0.2, -0.15) is 5.10 Å². The molecular weight excluding hydrogens is 454 g/mol. The van der Waals surface area contributed by atoms with E-state index in [4.69, 9.17) is 4.74 Å². The van der Waals surface area contributed by atoms with Crippen LogP contribution < -0.4 is 10.2 Å². The fraction of sp³-hybridized carbons (Fsp3) is 0.200. The number of methoxy groups -OCH3 is 1. The van der Waals surface area contributed by atoms with E-state index in [0.717, 1.165) is 27.2 Å². The molecule has 0 saturated heterocycles. The van der Waals surface area contributed by atoms with E-state index in [1.165, 1.54) is 11.8 Å². The Balaban J connectivity index is 1.59. The number of rotatable bonds is 7. The molecule has 0 aliphatic carbocycles. The largest absolute Gasteiger partial charge is 0.497 e. The number of carbonyl (C=O) groups excluding carboxylic acids is 1. The van der Waals surface area contributed by atoms with E-state index < -0.39 is 0 Å². The number of aromatic nitrogens is 3. The Morgan fingerprint density at radius 2 is 1.93 bits per heavy atom. The first kappa shape index (κ1) is 21.1. The first-order chi connectivity index (χ1) is 14.0. The van der Waals surface area contributed by atoms with Crippen molar-refractivity contribution < 1.29 is 9.53 Å². The van der Waals surface area contributed by atoms with Gasteiger partial charge in [-0.25, -0.2) is 5.43 Å². The summed E-state index contributed by atoms with van der Waals surface area (Å²) >= 11 is 4.83. The van der Waals surface area contributed by atoms with Gasteiger partial charge in [0.25, 0.3) is 5.91 Å². The Kier molecular flexibility index (Phi) is 7.05. The molecule has 7 nitrogen and oxygen atoms in total. The summed E-state index contributed by atoms with van der Waals surface area (Å²) in [5.41, 5.74) is 5.14. The van der Waals surface area contributed by atoms with Crippen LogP contribution in [0.25, 0.3) is 11.4 Å². The molecule has 150 valence electrons. The van der Waals surface area contributed by atoms with Crippen LogP contribution in [0.2, 0.25) is 0 Å². The van der Waals surface area contributed by atoms with E-state index in [-0.39, 0.29) is 11.7 Å². The zero-order valence-electron chi connectivity index (χ0n) is 16.2. The fourth-order valence-corrected chi connectivity index (χ4v) is 3.69. The second-order valence-electron chi connectivity index (χ2n) is 6.09. The number of ether oxygens (including phenoxy) is 1. The summed E-state index contributed by atoms with van der Waals surface area (Å²) < 4.78 is 7.94. The van der Waals surface area contributed by atoms with Crippen LogP contribution in [-0.2, 0) is 11.8 Å². The number of thioether (sulfide) groups is 1. The highest BCUT2D eigenvalue weighted by atomic mass is 79.9. The summed E-state index contributed by atoms with van der Waals surface area (Å²) in [6, 6.07) is 15.3. The first-order valence-corrected chi connectivity index (χ1v) is 10.5. The van der Waals surface area contributed by atoms with Crippen molar-refractivity contribution in [2.24, 2.45) is 12.1 Å². The Morgan fingerprint density at radius 3 is 2.62 bits per heavy atom. The topological polar surface area (TPSA) is 81.4 Å². The van der Waals surface area contributed by atoms with Gasteiger partial charge in [0.05, 0.1) is 18.6 Å². The maximum Gasteiger partial charge on any atom is 0.250 e. The molecule has 0 atom stereocenters. The molecule has 9 heteroatoms. The van der Waals surface area contributed by atoms with Gasteiger partial charge in [-0.3, -0.25) is 4.79 Å². The Hall–Kier alpha value is -2.65. The number of nitrogens with one attached hydrogen (secondary N) is 1. The predicted octanol–water partition coefficient (Wildman–Crippen LogP) is 3.89. The van der Waals surface area contributed by atoms with Crippen molar-refractivity contribution in [1.82, 2.24) is 20.2 Å². The molecular formula is C20H20BrN5O2S. The summed E-state index contributed by atoms with van der Waals surface area (Å²) in [6.45, 7) is 1.84. The molecule has 0 spiro atoms. The van der Waals surface area contributed by atoms with E-state index in [1.54, 1.807) is 7.11 Å². The van der Waals surface area contributed by atoms with Crippen LogP contribution in [0.15, 0.2) is 63.3 Å². The molecule has 0 saturated carbocycles. The highest BCUT2D eigenvalue weighted by Crippen LogP contribution is 2.28. The normalized spacial score (nSPS) is 11.4. The summed E-state index contributed by atoms with van der Waals surface area (Å²) in [5, 5.41) is 13.3. The number of carbonyl (C=O) groups is 1. The molecule has 0 fully saturated rings. The van der Waals surface area contributed by atoms with E-state index in [0.29, 0.717) is 10.9 Å². The molecule has 1 amide bonds. The molecule has 0 aliphatic rings. The Bertz CT molecular complexity index is 1030. The molecule has 1 heterocycles. The predicted molar refractivity (Wildman–Crippen MR) is 118 cm³/mol.